The maximum absolute atomic E-state index is 12.7. The summed E-state index contributed by atoms with van der Waals surface area (Å²) in [6.45, 7) is 0.680. The third-order valence-electron chi connectivity index (χ3n) is 3.83. The number of benzene rings is 1. The van der Waals surface area contributed by atoms with Crippen LogP contribution in [0, 0.1) is 0 Å². The van der Waals surface area contributed by atoms with Crippen molar-refractivity contribution in [3.63, 3.8) is 0 Å². The Labute approximate surface area is 131 Å². The van der Waals surface area contributed by atoms with Crippen LogP contribution in [0.5, 0.6) is 0 Å². The van der Waals surface area contributed by atoms with Crippen LogP contribution in [0.25, 0.3) is 0 Å². The van der Waals surface area contributed by atoms with E-state index in [0.717, 1.165) is 31.9 Å². The Bertz CT molecular complexity index is 615. The highest BCUT2D eigenvalue weighted by molar-refractivity contribution is 7.90. The summed E-state index contributed by atoms with van der Waals surface area (Å²) >= 11 is 5.99. The van der Waals surface area contributed by atoms with Crippen LogP contribution in [0.3, 0.4) is 0 Å². The Morgan fingerprint density at radius 3 is 2.76 bits per heavy atom. The first kappa shape index (κ1) is 16.3. The van der Waals surface area contributed by atoms with Crippen molar-refractivity contribution in [2.75, 3.05) is 18.7 Å². The summed E-state index contributed by atoms with van der Waals surface area (Å²) in [6, 6.07) is 6.26. The molecule has 1 aliphatic heterocycles. The van der Waals surface area contributed by atoms with Gasteiger partial charge in [-0.2, -0.15) is 0 Å². The van der Waals surface area contributed by atoms with Gasteiger partial charge in [-0.1, -0.05) is 18.9 Å². The van der Waals surface area contributed by atoms with Gasteiger partial charge in [-0.15, -0.1) is 11.6 Å². The normalized spacial score (nSPS) is 20.1. The average molecular weight is 330 g/mol. The second-order valence-electron chi connectivity index (χ2n) is 5.46. The molecule has 2 rings (SSSR count). The molecule has 4 nitrogen and oxygen atoms in total. The molecule has 0 bridgehead atoms. The smallest absolute Gasteiger partial charge is 0.254 e. The summed E-state index contributed by atoms with van der Waals surface area (Å²) in [5, 5.41) is 0. The lowest BCUT2D eigenvalue weighted by atomic mass is 10.1. The highest BCUT2D eigenvalue weighted by atomic mass is 35.5. The van der Waals surface area contributed by atoms with Crippen LogP contribution in [0.4, 0.5) is 0 Å². The van der Waals surface area contributed by atoms with Gasteiger partial charge in [0.25, 0.3) is 5.91 Å². The van der Waals surface area contributed by atoms with Gasteiger partial charge < -0.3 is 4.90 Å². The summed E-state index contributed by atoms with van der Waals surface area (Å²) in [5.74, 6) is 0.283. The van der Waals surface area contributed by atoms with E-state index in [4.69, 9.17) is 11.6 Å². The standard InChI is InChI=1S/C15H20ClNO3S/c1-21(19,20)14-8-5-6-12(10-14)15(18)17-9-4-2-3-7-13(17)11-16/h5-6,8,10,13H,2-4,7,9,11H2,1H3. The van der Waals surface area contributed by atoms with E-state index in [-0.39, 0.29) is 16.8 Å². The van der Waals surface area contributed by atoms with Crippen LogP contribution in [0.15, 0.2) is 29.2 Å². The van der Waals surface area contributed by atoms with Crippen LogP contribution in [-0.2, 0) is 9.84 Å². The Hall–Kier alpha value is -1.07. The van der Waals surface area contributed by atoms with E-state index >= 15 is 0 Å². The average Bonchev–Trinajstić information content (AvgIpc) is 2.70. The summed E-state index contributed by atoms with van der Waals surface area (Å²) in [6.07, 6.45) is 5.18. The van der Waals surface area contributed by atoms with Gasteiger partial charge in [0, 0.05) is 30.3 Å². The molecule has 1 aromatic carbocycles. The molecule has 1 heterocycles. The molecule has 1 aliphatic rings. The molecule has 0 N–H and O–H groups in total. The molecular formula is C15H20ClNO3S. The van der Waals surface area contributed by atoms with Gasteiger partial charge in [0.05, 0.1) is 4.90 Å². The fourth-order valence-electron chi connectivity index (χ4n) is 2.63. The molecule has 1 unspecified atom stereocenters. The van der Waals surface area contributed by atoms with E-state index in [1.54, 1.807) is 17.0 Å². The Morgan fingerprint density at radius 1 is 1.33 bits per heavy atom. The van der Waals surface area contributed by atoms with E-state index in [1.165, 1.54) is 12.1 Å². The summed E-state index contributed by atoms with van der Waals surface area (Å²) in [4.78, 5) is 14.6. The van der Waals surface area contributed by atoms with E-state index < -0.39 is 9.84 Å². The lowest BCUT2D eigenvalue weighted by Gasteiger charge is -2.28. The fourth-order valence-corrected chi connectivity index (χ4v) is 3.62. The van der Waals surface area contributed by atoms with Crippen molar-refractivity contribution in [1.82, 2.24) is 4.90 Å². The van der Waals surface area contributed by atoms with Gasteiger partial charge in [0.1, 0.15) is 0 Å². The van der Waals surface area contributed by atoms with Crippen molar-refractivity contribution >= 4 is 27.3 Å². The van der Waals surface area contributed by atoms with Gasteiger partial charge in [0.2, 0.25) is 0 Å². The number of amides is 1. The second-order valence-corrected chi connectivity index (χ2v) is 7.78. The van der Waals surface area contributed by atoms with Crippen molar-refractivity contribution in [2.45, 2.75) is 36.6 Å². The number of hydrogen-bond acceptors (Lipinski definition) is 3. The van der Waals surface area contributed by atoms with Crippen LogP contribution >= 0.6 is 11.6 Å². The molecule has 0 spiro atoms. The summed E-state index contributed by atoms with van der Waals surface area (Å²) < 4.78 is 23.2. The van der Waals surface area contributed by atoms with Gasteiger partial charge in [0.15, 0.2) is 9.84 Å². The maximum atomic E-state index is 12.7. The first-order valence-electron chi connectivity index (χ1n) is 7.10. The molecule has 1 atom stereocenters. The molecular weight excluding hydrogens is 310 g/mol. The van der Waals surface area contributed by atoms with Crippen LogP contribution in [-0.4, -0.2) is 43.9 Å². The number of sulfone groups is 1. The van der Waals surface area contributed by atoms with Crippen molar-refractivity contribution in [3.05, 3.63) is 29.8 Å². The predicted molar refractivity (Wildman–Crippen MR) is 83.6 cm³/mol. The maximum Gasteiger partial charge on any atom is 0.254 e. The lowest BCUT2D eigenvalue weighted by Crippen LogP contribution is -2.41. The van der Waals surface area contributed by atoms with Crippen molar-refractivity contribution < 1.29 is 13.2 Å². The summed E-state index contributed by atoms with van der Waals surface area (Å²) in [7, 11) is -3.31. The molecule has 21 heavy (non-hydrogen) atoms. The first-order chi connectivity index (χ1) is 9.93. The zero-order valence-corrected chi connectivity index (χ0v) is 13.7. The number of carbonyl (C=O) groups excluding carboxylic acids is 1. The third-order valence-corrected chi connectivity index (χ3v) is 5.29. The molecule has 0 aromatic heterocycles. The van der Waals surface area contributed by atoms with Gasteiger partial charge in [-0.25, -0.2) is 8.42 Å². The third kappa shape index (κ3) is 3.98. The van der Waals surface area contributed by atoms with Crippen LogP contribution in [0.2, 0.25) is 0 Å². The fraction of sp³-hybridized carbons (Fsp3) is 0.533. The Balaban J connectivity index is 2.30. The van der Waals surface area contributed by atoms with Crippen molar-refractivity contribution in [2.24, 2.45) is 0 Å². The second kappa shape index (κ2) is 6.79. The number of rotatable bonds is 3. The number of hydrogen-bond donors (Lipinski definition) is 0. The topological polar surface area (TPSA) is 54.5 Å². The minimum absolute atomic E-state index is 0.0311. The van der Waals surface area contributed by atoms with Crippen LogP contribution in [0.1, 0.15) is 36.0 Å². The van der Waals surface area contributed by atoms with E-state index in [9.17, 15) is 13.2 Å². The lowest BCUT2D eigenvalue weighted by molar-refractivity contribution is 0.0700. The number of halogens is 1. The van der Waals surface area contributed by atoms with Gasteiger partial charge in [-0.3, -0.25) is 4.79 Å². The Morgan fingerprint density at radius 2 is 2.10 bits per heavy atom. The highest BCUT2D eigenvalue weighted by Crippen LogP contribution is 2.21. The number of nitrogens with zero attached hydrogens (tertiary/aromatic N) is 1. The molecule has 116 valence electrons. The van der Waals surface area contributed by atoms with E-state index in [1.807, 2.05) is 0 Å². The zero-order valence-electron chi connectivity index (χ0n) is 12.1. The zero-order chi connectivity index (χ0) is 15.5. The van der Waals surface area contributed by atoms with Gasteiger partial charge >= 0.3 is 0 Å². The largest absolute Gasteiger partial charge is 0.334 e. The molecule has 0 radical (unpaired) electrons. The molecule has 6 heteroatoms. The summed E-state index contributed by atoms with van der Waals surface area (Å²) in [5.41, 5.74) is 0.412. The molecule has 1 amide bonds. The minimum atomic E-state index is -3.31. The SMILES string of the molecule is CS(=O)(=O)c1cccc(C(=O)N2CCCCCC2CCl)c1. The predicted octanol–water partition coefficient (Wildman–Crippen LogP) is 2.71. The van der Waals surface area contributed by atoms with Crippen molar-refractivity contribution in [3.8, 4) is 0 Å². The van der Waals surface area contributed by atoms with E-state index in [2.05, 4.69) is 0 Å². The number of carbonyl (C=O) groups is 1. The molecule has 0 aliphatic carbocycles. The molecule has 1 aromatic rings. The Kier molecular flexibility index (Phi) is 5.27. The van der Waals surface area contributed by atoms with E-state index in [0.29, 0.717) is 18.0 Å². The quantitative estimate of drug-likeness (QED) is 0.801. The monoisotopic (exact) mass is 329 g/mol. The van der Waals surface area contributed by atoms with Crippen molar-refractivity contribution in [1.29, 1.82) is 0 Å². The first-order valence-corrected chi connectivity index (χ1v) is 9.53. The minimum Gasteiger partial charge on any atom is -0.334 e. The molecule has 0 saturated carbocycles. The molecule has 1 saturated heterocycles. The highest BCUT2D eigenvalue weighted by Gasteiger charge is 2.26. The number of likely N-dealkylation sites (tertiary alicyclic amines) is 1. The molecule has 1 fully saturated rings. The number of alkyl halides is 1. The van der Waals surface area contributed by atoms with Crippen LogP contribution < -0.4 is 0 Å². The van der Waals surface area contributed by atoms with Gasteiger partial charge in [-0.05, 0) is 31.0 Å².